The van der Waals surface area contributed by atoms with Crippen LogP contribution in [0.15, 0.2) is 54.6 Å². The molecule has 4 N–H and O–H groups in total. The summed E-state index contributed by atoms with van der Waals surface area (Å²) in [5.41, 5.74) is -0.989. The van der Waals surface area contributed by atoms with Gasteiger partial charge in [-0.1, -0.05) is 48.0 Å². The molecule has 0 spiro atoms. The maximum absolute atomic E-state index is 13.3. The molecular weight excluding hydrogens is 451 g/mol. The van der Waals surface area contributed by atoms with E-state index in [-0.39, 0.29) is 23.4 Å². The van der Waals surface area contributed by atoms with E-state index in [2.05, 4.69) is 15.5 Å². The van der Waals surface area contributed by atoms with E-state index in [0.717, 1.165) is 12.1 Å². The van der Waals surface area contributed by atoms with Gasteiger partial charge in [-0.25, -0.2) is 4.79 Å². The molecule has 3 rings (SSSR count). The van der Waals surface area contributed by atoms with Crippen molar-refractivity contribution >= 4 is 23.5 Å². The second-order valence-corrected chi connectivity index (χ2v) is 7.28. The number of carboxylic acid groups (broad SMARTS) is 1. The molecule has 0 saturated heterocycles. The predicted molar refractivity (Wildman–Crippen MR) is 109 cm³/mol. The first-order chi connectivity index (χ1) is 15.1. The minimum Gasteiger partial charge on any atom is -0.479 e. The standard InChI is InChI=1S/C21H17ClF3N3O4/c22-14-8-4-1-5-11(14)9-16(18(29)20(31)32)26-19(30)17-10-15(27-28-17)12-6-2-3-7-13(12)21(23,24)25/h1-8,10,16,18,29H,9H2,(H,26,30)(H,27,28)(H,31,32)/t16-,18-/m1/s1. The highest BCUT2D eigenvalue weighted by Gasteiger charge is 2.34. The van der Waals surface area contributed by atoms with Crippen LogP contribution >= 0.6 is 11.6 Å². The Morgan fingerprint density at radius 1 is 1.12 bits per heavy atom. The Kier molecular flexibility index (Phi) is 6.85. The average Bonchev–Trinajstić information content (AvgIpc) is 3.24. The Hall–Kier alpha value is -3.37. The highest BCUT2D eigenvalue weighted by Crippen LogP contribution is 2.36. The van der Waals surface area contributed by atoms with Crippen LogP contribution in [-0.4, -0.2) is 44.4 Å². The summed E-state index contributed by atoms with van der Waals surface area (Å²) in [6, 6.07) is 11.1. The SMILES string of the molecule is O=C(N[C@H](Cc1ccccc1Cl)[C@@H](O)C(=O)O)c1cc(-c2ccccc2C(F)(F)F)n[nH]1. The molecule has 2 aromatic carbocycles. The number of carbonyl (C=O) groups excluding carboxylic acids is 1. The van der Waals surface area contributed by atoms with E-state index in [1.807, 2.05) is 0 Å². The topological polar surface area (TPSA) is 115 Å². The number of aliphatic hydroxyl groups excluding tert-OH is 1. The zero-order valence-electron chi connectivity index (χ0n) is 16.2. The molecule has 0 radical (unpaired) electrons. The third kappa shape index (κ3) is 5.27. The van der Waals surface area contributed by atoms with Gasteiger partial charge in [0, 0.05) is 10.6 Å². The van der Waals surface area contributed by atoms with Gasteiger partial charge in [0.25, 0.3) is 5.91 Å². The molecule has 7 nitrogen and oxygen atoms in total. The number of rotatable bonds is 7. The highest BCUT2D eigenvalue weighted by molar-refractivity contribution is 6.31. The molecule has 0 aliphatic carbocycles. The van der Waals surface area contributed by atoms with Crippen molar-refractivity contribution in [1.82, 2.24) is 15.5 Å². The normalized spacial score (nSPS) is 13.4. The van der Waals surface area contributed by atoms with Crippen molar-refractivity contribution in [1.29, 1.82) is 0 Å². The lowest BCUT2D eigenvalue weighted by atomic mass is 10.0. The number of amides is 1. The summed E-state index contributed by atoms with van der Waals surface area (Å²) in [6.07, 6.45) is -6.68. The number of hydrogen-bond acceptors (Lipinski definition) is 4. The minimum absolute atomic E-state index is 0.100. The van der Waals surface area contributed by atoms with Crippen molar-refractivity contribution in [3.05, 3.63) is 76.4 Å². The van der Waals surface area contributed by atoms with Gasteiger partial charge in [-0.05, 0) is 30.2 Å². The minimum atomic E-state index is -4.62. The molecule has 0 bridgehead atoms. The maximum Gasteiger partial charge on any atom is 0.417 e. The second kappa shape index (κ2) is 9.41. The molecule has 2 atom stereocenters. The van der Waals surface area contributed by atoms with Crippen LogP contribution in [0.2, 0.25) is 5.02 Å². The zero-order chi connectivity index (χ0) is 23.5. The van der Waals surface area contributed by atoms with Crippen molar-refractivity contribution in [3.63, 3.8) is 0 Å². The summed E-state index contributed by atoms with van der Waals surface area (Å²) in [4.78, 5) is 23.9. The molecule has 3 aromatic rings. The van der Waals surface area contributed by atoms with Crippen LogP contribution in [-0.2, 0) is 17.4 Å². The van der Waals surface area contributed by atoms with Gasteiger partial charge < -0.3 is 15.5 Å². The van der Waals surface area contributed by atoms with E-state index < -0.39 is 35.8 Å². The Morgan fingerprint density at radius 2 is 1.78 bits per heavy atom. The van der Waals surface area contributed by atoms with Gasteiger partial charge in [0.15, 0.2) is 6.10 Å². The average molecular weight is 468 g/mol. The summed E-state index contributed by atoms with van der Waals surface area (Å²) >= 11 is 6.08. The number of aromatic amines is 1. The predicted octanol–water partition coefficient (Wildman–Crippen LogP) is 3.54. The van der Waals surface area contributed by atoms with E-state index in [9.17, 15) is 33.0 Å². The van der Waals surface area contributed by atoms with Gasteiger partial charge in [0.2, 0.25) is 0 Å². The summed E-state index contributed by atoms with van der Waals surface area (Å²) in [5, 5.41) is 28.0. The Labute approximate surface area is 184 Å². The van der Waals surface area contributed by atoms with Gasteiger partial charge >= 0.3 is 12.1 Å². The van der Waals surface area contributed by atoms with Crippen molar-refractivity contribution < 1.29 is 33.0 Å². The Morgan fingerprint density at radius 3 is 2.44 bits per heavy atom. The number of alkyl halides is 3. The fourth-order valence-corrected chi connectivity index (χ4v) is 3.30. The van der Waals surface area contributed by atoms with E-state index in [0.29, 0.717) is 10.6 Å². The lowest BCUT2D eigenvalue weighted by Crippen LogP contribution is -2.48. The molecule has 1 amide bonds. The molecule has 11 heteroatoms. The molecule has 0 unspecified atom stereocenters. The van der Waals surface area contributed by atoms with Crippen LogP contribution < -0.4 is 5.32 Å². The Bertz CT molecular complexity index is 1130. The molecule has 1 aromatic heterocycles. The molecule has 0 fully saturated rings. The van der Waals surface area contributed by atoms with Crippen molar-refractivity contribution in [2.24, 2.45) is 0 Å². The van der Waals surface area contributed by atoms with Gasteiger partial charge in [-0.3, -0.25) is 9.89 Å². The molecular formula is C21H17ClF3N3O4. The van der Waals surface area contributed by atoms with Crippen LogP contribution in [0.5, 0.6) is 0 Å². The first-order valence-electron chi connectivity index (χ1n) is 9.25. The summed E-state index contributed by atoms with van der Waals surface area (Å²) < 4.78 is 39.8. The highest BCUT2D eigenvalue weighted by atomic mass is 35.5. The number of carboxylic acids is 1. The summed E-state index contributed by atoms with van der Waals surface area (Å²) in [5.74, 6) is -2.42. The van der Waals surface area contributed by atoms with E-state index in [1.54, 1.807) is 24.3 Å². The maximum atomic E-state index is 13.3. The lowest BCUT2D eigenvalue weighted by molar-refractivity contribution is -0.148. The second-order valence-electron chi connectivity index (χ2n) is 6.87. The smallest absolute Gasteiger partial charge is 0.417 e. The van der Waals surface area contributed by atoms with E-state index >= 15 is 0 Å². The van der Waals surface area contributed by atoms with Crippen LogP contribution in [0.3, 0.4) is 0 Å². The van der Waals surface area contributed by atoms with Crippen LogP contribution in [0.1, 0.15) is 21.6 Å². The monoisotopic (exact) mass is 467 g/mol. The fourth-order valence-electron chi connectivity index (χ4n) is 3.09. The zero-order valence-corrected chi connectivity index (χ0v) is 17.0. The molecule has 0 saturated carbocycles. The number of halogens is 4. The molecule has 32 heavy (non-hydrogen) atoms. The van der Waals surface area contributed by atoms with Crippen molar-refractivity contribution in [2.75, 3.05) is 0 Å². The molecule has 1 heterocycles. The van der Waals surface area contributed by atoms with E-state index in [1.165, 1.54) is 18.2 Å². The molecule has 168 valence electrons. The van der Waals surface area contributed by atoms with Crippen LogP contribution in [0.4, 0.5) is 13.2 Å². The number of aliphatic carboxylic acids is 1. The quantitative estimate of drug-likeness (QED) is 0.424. The first kappa shape index (κ1) is 23.3. The summed E-state index contributed by atoms with van der Waals surface area (Å²) in [6.45, 7) is 0. The number of hydrogen-bond donors (Lipinski definition) is 4. The van der Waals surface area contributed by atoms with Crippen molar-refractivity contribution in [2.45, 2.75) is 24.7 Å². The third-order valence-electron chi connectivity index (χ3n) is 4.68. The van der Waals surface area contributed by atoms with Gasteiger partial charge in [-0.2, -0.15) is 18.3 Å². The number of aliphatic hydroxyl groups is 1. The molecule has 0 aliphatic rings. The van der Waals surface area contributed by atoms with Gasteiger partial charge in [0.1, 0.15) is 5.69 Å². The lowest BCUT2D eigenvalue weighted by Gasteiger charge is -2.21. The van der Waals surface area contributed by atoms with Crippen LogP contribution in [0, 0.1) is 0 Å². The number of nitrogens with zero attached hydrogens (tertiary/aromatic N) is 1. The van der Waals surface area contributed by atoms with E-state index in [4.69, 9.17) is 11.6 Å². The largest absolute Gasteiger partial charge is 0.479 e. The number of nitrogens with one attached hydrogen (secondary N) is 2. The number of aromatic nitrogens is 2. The van der Waals surface area contributed by atoms with Crippen LogP contribution in [0.25, 0.3) is 11.3 Å². The summed E-state index contributed by atoms with van der Waals surface area (Å²) in [7, 11) is 0. The van der Waals surface area contributed by atoms with Gasteiger partial charge in [0.05, 0.1) is 17.3 Å². The molecule has 0 aliphatic heterocycles. The number of H-pyrrole nitrogens is 1. The van der Waals surface area contributed by atoms with Gasteiger partial charge in [-0.15, -0.1) is 0 Å². The number of carbonyl (C=O) groups is 2. The van der Waals surface area contributed by atoms with Crippen molar-refractivity contribution in [3.8, 4) is 11.3 Å². The first-order valence-corrected chi connectivity index (χ1v) is 9.63. The fraction of sp³-hybridized carbons (Fsp3) is 0.190. The number of benzene rings is 2. The Balaban J connectivity index is 1.85. The third-order valence-corrected chi connectivity index (χ3v) is 5.05.